The number of nitrogens with one attached hydrogen (secondary N) is 2. The topological polar surface area (TPSA) is 111 Å². The van der Waals surface area contributed by atoms with E-state index in [-0.39, 0.29) is 11.5 Å². The minimum absolute atomic E-state index is 0.142. The van der Waals surface area contributed by atoms with Crippen LogP contribution in [0.25, 0.3) is 0 Å². The highest BCUT2D eigenvalue weighted by molar-refractivity contribution is 5.56. The number of aryl methyl sites for hydroxylation is 1. The molecule has 0 unspecified atom stereocenters. The Morgan fingerprint density at radius 1 is 1.38 bits per heavy atom. The van der Waals surface area contributed by atoms with E-state index in [0.29, 0.717) is 25.5 Å². The SMILES string of the molecule is CCNc1ncc([N+](=O)[O-])c(NCCc2nccn2C)n1. The molecular formula is C12H17N7O2. The number of aromatic nitrogens is 4. The molecule has 0 radical (unpaired) electrons. The van der Waals surface area contributed by atoms with Gasteiger partial charge in [0.25, 0.3) is 0 Å². The van der Waals surface area contributed by atoms with Gasteiger partial charge in [-0.2, -0.15) is 4.98 Å². The van der Waals surface area contributed by atoms with Crippen molar-refractivity contribution in [3.8, 4) is 0 Å². The predicted octanol–water partition coefficient (Wildman–Crippen LogP) is 1.20. The lowest BCUT2D eigenvalue weighted by Gasteiger charge is -2.08. The van der Waals surface area contributed by atoms with E-state index in [4.69, 9.17) is 0 Å². The fourth-order valence-electron chi connectivity index (χ4n) is 1.81. The van der Waals surface area contributed by atoms with Crippen LogP contribution in [-0.2, 0) is 13.5 Å². The summed E-state index contributed by atoms with van der Waals surface area (Å²) in [6, 6.07) is 0. The minimum Gasteiger partial charge on any atom is -0.364 e. The molecule has 0 saturated heterocycles. The average Bonchev–Trinajstić information content (AvgIpc) is 2.85. The second-order valence-electron chi connectivity index (χ2n) is 4.35. The molecule has 0 aliphatic heterocycles. The van der Waals surface area contributed by atoms with E-state index >= 15 is 0 Å². The van der Waals surface area contributed by atoms with Crippen LogP contribution in [-0.4, -0.2) is 37.5 Å². The Morgan fingerprint density at radius 3 is 2.81 bits per heavy atom. The summed E-state index contributed by atoms with van der Waals surface area (Å²) in [6.45, 7) is 3.04. The smallest absolute Gasteiger partial charge is 0.329 e. The average molecular weight is 291 g/mol. The van der Waals surface area contributed by atoms with Gasteiger partial charge in [-0.25, -0.2) is 9.97 Å². The van der Waals surface area contributed by atoms with E-state index in [9.17, 15) is 10.1 Å². The van der Waals surface area contributed by atoms with Gasteiger partial charge in [-0.1, -0.05) is 0 Å². The first-order valence-corrected chi connectivity index (χ1v) is 6.57. The van der Waals surface area contributed by atoms with Crippen LogP contribution >= 0.6 is 0 Å². The van der Waals surface area contributed by atoms with Crippen molar-refractivity contribution in [3.05, 3.63) is 34.5 Å². The molecule has 112 valence electrons. The summed E-state index contributed by atoms with van der Waals surface area (Å²) >= 11 is 0. The zero-order chi connectivity index (χ0) is 15.2. The van der Waals surface area contributed by atoms with Gasteiger partial charge in [0.2, 0.25) is 11.8 Å². The summed E-state index contributed by atoms with van der Waals surface area (Å²) in [6.07, 6.45) is 5.41. The molecule has 2 heterocycles. The molecule has 0 amide bonds. The Balaban J connectivity index is 2.07. The van der Waals surface area contributed by atoms with Crippen LogP contribution in [0, 0.1) is 10.1 Å². The van der Waals surface area contributed by atoms with Crippen molar-refractivity contribution in [1.29, 1.82) is 0 Å². The van der Waals surface area contributed by atoms with Gasteiger partial charge >= 0.3 is 5.69 Å². The normalized spacial score (nSPS) is 10.4. The first kappa shape index (κ1) is 14.7. The van der Waals surface area contributed by atoms with Gasteiger partial charge in [0.05, 0.1) is 4.92 Å². The number of imidazole rings is 1. The van der Waals surface area contributed by atoms with E-state index in [1.165, 1.54) is 6.20 Å². The van der Waals surface area contributed by atoms with Gasteiger partial charge in [0, 0.05) is 39.0 Å². The molecule has 9 nitrogen and oxygen atoms in total. The zero-order valence-electron chi connectivity index (χ0n) is 11.9. The molecule has 0 spiro atoms. The van der Waals surface area contributed by atoms with Crippen LogP contribution in [0.3, 0.4) is 0 Å². The molecule has 0 fully saturated rings. The molecule has 9 heteroatoms. The van der Waals surface area contributed by atoms with Gasteiger partial charge in [-0.15, -0.1) is 0 Å². The number of hydrogen-bond acceptors (Lipinski definition) is 7. The highest BCUT2D eigenvalue weighted by atomic mass is 16.6. The summed E-state index contributed by atoms with van der Waals surface area (Å²) in [4.78, 5) is 22.7. The number of hydrogen-bond donors (Lipinski definition) is 2. The highest BCUT2D eigenvalue weighted by Crippen LogP contribution is 2.21. The largest absolute Gasteiger partial charge is 0.364 e. The van der Waals surface area contributed by atoms with E-state index in [2.05, 4.69) is 25.6 Å². The molecule has 2 rings (SSSR count). The Bertz CT molecular complexity index is 626. The van der Waals surface area contributed by atoms with Crippen LogP contribution in [0.15, 0.2) is 18.6 Å². The molecule has 2 aromatic heterocycles. The van der Waals surface area contributed by atoms with Gasteiger partial charge < -0.3 is 15.2 Å². The Kier molecular flexibility index (Phi) is 4.64. The Morgan fingerprint density at radius 2 is 2.19 bits per heavy atom. The third kappa shape index (κ3) is 3.65. The van der Waals surface area contributed by atoms with E-state index < -0.39 is 4.92 Å². The lowest BCUT2D eigenvalue weighted by Crippen LogP contribution is -2.12. The van der Waals surface area contributed by atoms with Crippen molar-refractivity contribution in [3.63, 3.8) is 0 Å². The minimum atomic E-state index is -0.501. The lowest BCUT2D eigenvalue weighted by atomic mass is 10.4. The Labute approximate surface area is 121 Å². The van der Waals surface area contributed by atoms with E-state index in [1.807, 2.05) is 24.7 Å². The summed E-state index contributed by atoms with van der Waals surface area (Å²) in [5.74, 6) is 1.47. The van der Waals surface area contributed by atoms with Gasteiger partial charge in [-0.05, 0) is 6.92 Å². The second-order valence-corrected chi connectivity index (χ2v) is 4.35. The van der Waals surface area contributed by atoms with Crippen molar-refractivity contribution < 1.29 is 4.92 Å². The molecule has 0 aromatic carbocycles. The number of rotatable bonds is 7. The molecular weight excluding hydrogens is 274 g/mol. The van der Waals surface area contributed by atoms with Gasteiger partial charge in [0.1, 0.15) is 12.0 Å². The molecule has 0 atom stereocenters. The van der Waals surface area contributed by atoms with Gasteiger partial charge in [0.15, 0.2) is 0 Å². The van der Waals surface area contributed by atoms with E-state index in [1.54, 1.807) is 6.20 Å². The summed E-state index contributed by atoms with van der Waals surface area (Å²) in [5, 5.41) is 16.9. The third-order valence-electron chi connectivity index (χ3n) is 2.86. The number of nitro groups is 1. The van der Waals surface area contributed by atoms with Crippen LogP contribution in [0.4, 0.5) is 17.5 Å². The maximum absolute atomic E-state index is 11.0. The Hall–Kier alpha value is -2.71. The second kappa shape index (κ2) is 6.64. The fraction of sp³-hybridized carbons (Fsp3) is 0.417. The summed E-state index contributed by atoms with van der Waals surface area (Å²) in [5.41, 5.74) is -0.142. The first-order chi connectivity index (χ1) is 10.1. The number of nitrogens with zero attached hydrogens (tertiary/aromatic N) is 5. The van der Waals surface area contributed by atoms with Crippen molar-refractivity contribution in [2.45, 2.75) is 13.3 Å². The van der Waals surface area contributed by atoms with Crippen molar-refractivity contribution >= 4 is 17.5 Å². The zero-order valence-corrected chi connectivity index (χ0v) is 11.9. The molecule has 2 aromatic rings. The molecule has 0 aliphatic rings. The van der Waals surface area contributed by atoms with E-state index in [0.717, 1.165) is 5.82 Å². The van der Waals surface area contributed by atoms with Crippen molar-refractivity contribution in [2.75, 3.05) is 23.7 Å². The third-order valence-corrected chi connectivity index (χ3v) is 2.86. The molecule has 0 bridgehead atoms. The predicted molar refractivity (Wildman–Crippen MR) is 78.3 cm³/mol. The summed E-state index contributed by atoms with van der Waals surface area (Å²) in [7, 11) is 1.90. The van der Waals surface area contributed by atoms with Crippen molar-refractivity contribution in [2.24, 2.45) is 7.05 Å². The maximum atomic E-state index is 11.0. The quantitative estimate of drug-likeness (QED) is 0.582. The lowest BCUT2D eigenvalue weighted by molar-refractivity contribution is -0.384. The maximum Gasteiger partial charge on any atom is 0.329 e. The monoisotopic (exact) mass is 291 g/mol. The molecule has 0 saturated carbocycles. The van der Waals surface area contributed by atoms with Crippen LogP contribution in [0.1, 0.15) is 12.7 Å². The highest BCUT2D eigenvalue weighted by Gasteiger charge is 2.16. The molecule has 0 aliphatic carbocycles. The van der Waals surface area contributed by atoms with Crippen molar-refractivity contribution in [1.82, 2.24) is 19.5 Å². The first-order valence-electron chi connectivity index (χ1n) is 6.57. The van der Waals surface area contributed by atoms with Crippen LogP contribution in [0.2, 0.25) is 0 Å². The fourth-order valence-corrected chi connectivity index (χ4v) is 1.81. The number of anilines is 2. The molecule has 2 N–H and O–H groups in total. The molecule has 21 heavy (non-hydrogen) atoms. The standard InChI is InChI=1S/C12H17N7O2/c1-3-13-12-16-8-9(19(20)21)11(17-12)15-5-4-10-14-6-7-18(10)2/h6-8H,3-5H2,1-2H3,(H2,13,15,16,17). The van der Waals surface area contributed by atoms with Crippen LogP contribution in [0.5, 0.6) is 0 Å². The summed E-state index contributed by atoms with van der Waals surface area (Å²) < 4.78 is 1.90. The van der Waals surface area contributed by atoms with Crippen LogP contribution < -0.4 is 10.6 Å². The van der Waals surface area contributed by atoms with Gasteiger partial charge in [-0.3, -0.25) is 10.1 Å².